The van der Waals surface area contributed by atoms with Crippen molar-refractivity contribution in [1.82, 2.24) is 15.6 Å². The molecule has 1 aromatic carbocycles. The van der Waals surface area contributed by atoms with E-state index >= 15 is 0 Å². The van der Waals surface area contributed by atoms with Gasteiger partial charge in [-0.3, -0.25) is 4.79 Å². The third kappa shape index (κ3) is 5.28. The Morgan fingerprint density at radius 2 is 1.96 bits per heavy atom. The number of benzene rings is 1. The fourth-order valence-corrected chi connectivity index (χ4v) is 2.03. The Hall–Kier alpha value is -3.09. The molecular weight excluding hydrogens is 308 g/mol. The molecule has 3 amide bonds. The maximum Gasteiger partial charge on any atom is 0.312 e. The largest absolute Gasteiger partial charge is 0.473 e. The molecule has 1 heterocycles. The summed E-state index contributed by atoms with van der Waals surface area (Å²) >= 11 is 0. The summed E-state index contributed by atoms with van der Waals surface area (Å²) in [5.41, 5.74) is 6.77. The van der Waals surface area contributed by atoms with Crippen molar-refractivity contribution in [2.75, 3.05) is 0 Å². The fraction of sp³-hybridized carbons (Fsp3) is 0.235. The second kappa shape index (κ2) is 8.52. The van der Waals surface area contributed by atoms with Crippen LogP contribution in [0.3, 0.4) is 0 Å². The molecule has 0 aliphatic heterocycles. The van der Waals surface area contributed by atoms with Crippen molar-refractivity contribution >= 4 is 11.9 Å². The number of primary amides is 1. The first-order chi connectivity index (χ1) is 11.6. The molecule has 24 heavy (non-hydrogen) atoms. The Balaban J connectivity index is 1.93. The Kier molecular flexibility index (Phi) is 6.13. The lowest BCUT2D eigenvalue weighted by molar-refractivity contribution is -0.122. The molecule has 0 saturated heterocycles. The Morgan fingerprint density at radius 3 is 2.67 bits per heavy atom. The second-order valence-corrected chi connectivity index (χ2v) is 5.19. The lowest BCUT2D eigenvalue weighted by Gasteiger charge is -2.14. The van der Waals surface area contributed by atoms with Gasteiger partial charge in [0, 0.05) is 18.3 Å². The van der Waals surface area contributed by atoms with Gasteiger partial charge in [-0.25, -0.2) is 9.78 Å². The highest BCUT2D eigenvalue weighted by atomic mass is 16.5. The molecule has 2 aromatic rings. The first kappa shape index (κ1) is 17.3. The molecule has 1 aromatic heterocycles. The fourth-order valence-electron chi connectivity index (χ4n) is 2.03. The number of urea groups is 1. The molecule has 0 fully saturated rings. The van der Waals surface area contributed by atoms with Crippen LogP contribution in [0.15, 0.2) is 48.7 Å². The molecule has 7 nitrogen and oxygen atoms in total. The van der Waals surface area contributed by atoms with E-state index in [4.69, 9.17) is 10.5 Å². The molecule has 1 atom stereocenters. The molecule has 7 heteroatoms. The number of hydrogen-bond acceptors (Lipinski definition) is 4. The van der Waals surface area contributed by atoms with E-state index in [2.05, 4.69) is 15.6 Å². The van der Waals surface area contributed by atoms with E-state index in [0.717, 1.165) is 11.1 Å². The molecule has 1 unspecified atom stereocenters. The molecular formula is C17H20N4O3. The lowest BCUT2D eigenvalue weighted by atomic mass is 10.2. The minimum absolute atomic E-state index is 0.238. The molecule has 0 bridgehead atoms. The summed E-state index contributed by atoms with van der Waals surface area (Å²) in [5.74, 6) is 0.115. The van der Waals surface area contributed by atoms with E-state index in [0.29, 0.717) is 12.5 Å². The Labute approximate surface area is 140 Å². The van der Waals surface area contributed by atoms with Gasteiger partial charge in [0.1, 0.15) is 12.6 Å². The number of nitrogens with one attached hydrogen (secondary N) is 2. The van der Waals surface area contributed by atoms with E-state index in [1.165, 1.54) is 0 Å². The first-order valence-corrected chi connectivity index (χ1v) is 7.50. The predicted molar refractivity (Wildman–Crippen MR) is 89.0 cm³/mol. The van der Waals surface area contributed by atoms with Crippen LogP contribution in [0.2, 0.25) is 0 Å². The standard InChI is InChI=1S/C17H20N4O3/c1-12(21-17(18)23)15(22)20-10-14-8-5-9-19-16(14)24-11-13-6-3-2-4-7-13/h2-9,12H,10-11H2,1H3,(H,20,22)(H3,18,21,23). The number of hydrogen-bond donors (Lipinski definition) is 3. The van der Waals surface area contributed by atoms with Gasteiger partial charge >= 0.3 is 6.03 Å². The molecule has 4 N–H and O–H groups in total. The number of nitrogens with two attached hydrogens (primary N) is 1. The molecule has 0 aliphatic carbocycles. The number of rotatable bonds is 7. The zero-order valence-corrected chi connectivity index (χ0v) is 13.4. The first-order valence-electron chi connectivity index (χ1n) is 7.50. The molecule has 0 radical (unpaired) electrons. The van der Waals surface area contributed by atoms with Crippen LogP contribution in [0, 0.1) is 0 Å². The van der Waals surface area contributed by atoms with Crippen molar-refractivity contribution in [2.24, 2.45) is 5.73 Å². The summed E-state index contributed by atoms with van der Waals surface area (Å²) in [4.78, 5) is 26.9. The lowest BCUT2D eigenvalue weighted by Crippen LogP contribution is -2.46. The summed E-state index contributed by atoms with van der Waals surface area (Å²) in [7, 11) is 0. The zero-order chi connectivity index (χ0) is 17.4. The van der Waals surface area contributed by atoms with E-state index in [9.17, 15) is 9.59 Å². The number of carbonyl (C=O) groups excluding carboxylic acids is 2. The summed E-state index contributed by atoms with van der Waals surface area (Å²) in [6, 6.07) is 11.9. The summed E-state index contributed by atoms with van der Waals surface area (Å²) in [6.07, 6.45) is 1.63. The van der Waals surface area contributed by atoms with E-state index in [1.54, 1.807) is 19.2 Å². The maximum absolute atomic E-state index is 11.9. The smallest absolute Gasteiger partial charge is 0.312 e. The highest BCUT2D eigenvalue weighted by Gasteiger charge is 2.14. The zero-order valence-electron chi connectivity index (χ0n) is 13.4. The summed E-state index contributed by atoms with van der Waals surface area (Å²) in [6.45, 7) is 2.18. The van der Waals surface area contributed by atoms with Crippen LogP contribution in [0.5, 0.6) is 5.88 Å². The maximum atomic E-state index is 11.9. The number of carbonyl (C=O) groups is 2. The van der Waals surface area contributed by atoms with Crippen molar-refractivity contribution in [3.63, 3.8) is 0 Å². The quantitative estimate of drug-likeness (QED) is 0.713. The SMILES string of the molecule is CC(NC(N)=O)C(=O)NCc1cccnc1OCc1ccccc1. The van der Waals surface area contributed by atoms with Gasteiger partial charge in [0.25, 0.3) is 0 Å². The van der Waals surface area contributed by atoms with Crippen LogP contribution < -0.4 is 21.1 Å². The van der Waals surface area contributed by atoms with E-state index in [-0.39, 0.29) is 12.5 Å². The number of aromatic nitrogens is 1. The Bertz CT molecular complexity index is 691. The van der Waals surface area contributed by atoms with Gasteiger partial charge < -0.3 is 21.1 Å². The highest BCUT2D eigenvalue weighted by Crippen LogP contribution is 2.15. The third-order valence-electron chi connectivity index (χ3n) is 3.27. The summed E-state index contributed by atoms with van der Waals surface area (Å²) < 4.78 is 5.73. The minimum Gasteiger partial charge on any atom is -0.473 e. The van der Waals surface area contributed by atoms with Gasteiger partial charge in [0.2, 0.25) is 11.8 Å². The number of nitrogens with zero attached hydrogens (tertiary/aromatic N) is 1. The number of amides is 3. The number of ether oxygens (including phenoxy) is 1. The molecule has 0 saturated carbocycles. The van der Waals surface area contributed by atoms with Crippen molar-refractivity contribution in [3.05, 3.63) is 59.8 Å². The van der Waals surface area contributed by atoms with Gasteiger partial charge in [-0.15, -0.1) is 0 Å². The van der Waals surface area contributed by atoms with Gasteiger partial charge in [0.05, 0.1) is 0 Å². The normalized spacial score (nSPS) is 11.4. The monoisotopic (exact) mass is 328 g/mol. The Morgan fingerprint density at radius 1 is 1.21 bits per heavy atom. The van der Waals surface area contributed by atoms with Gasteiger partial charge in [-0.2, -0.15) is 0 Å². The van der Waals surface area contributed by atoms with Crippen LogP contribution >= 0.6 is 0 Å². The third-order valence-corrected chi connectivity index (χ3v) is 3.27. The van der Waals surface area contributed by atoms with Crippen LogP contribution in [0.1, 0.15) is 18.1 Å². The topological polar surface area (TPSA) is 106 Å². The van der Waals surface area contributed by atoms with Crippen LogP contribution in [0.4, 0.5) is 4.79 Å². The van der Waals surface area contributed by atoms with Gasteiger partial charge in [-0.1, -0.05) is 36.4 Å². The minimum atomic E-state index is -0.745. The van der Waals surface area contributed by atoms with Crippen LogP contribution in [-0.2, 0) is 17.9 Å². The van der Waals surface area contributed by atoms with Gasteiger partial charge in [0.15, 0.2) is 0 Å². The van der Waals surface area contributed by atoms with Crippen LogP contribution in [-0.4, -0.2) is 23.0 Å². The molecule has 0 spiro atoms. The van der Waals surface area contributed by atoms with E-state index in [1.807, 2.05) is 36.4 Å². The van der Waals surface area contributed by atoms with Crippen molar-refractivity contribution in [1.29, 1.82) is 0 Å². The van der Waals surface area contributed by atoms with Crippen molar-refractivity contribution < 1.29 is 14.3 Å². The van der Waals surface area contributed by atoms with Crippen molar-refractivity contribution in [3.8, 4) is 5.88 Å². The number of pyridine rings is 1. The van der Waals surface area contributed by atoms with Crippen LogP contribution in [0.25, 0.3) is 0 Å². The second-order valence-electron chi connectivity index (χ2n) is 5.19. The highest BCUT2D eigenvalue weighted by molar-refractivity contribution is 5.86. The van der Waals surface area contributed by atoms with Crippen molar-refractivity contribution in [2.45, 2.75) is 26.1 Å². The average Bonchev–Trinajstić information content (AvgIpc) is 2.58. The molecule has 2 rings (SSSR count). The van der Waals surface area contributed by atoms with E-state index < -0.39 is 12.1 Å². The predicted octanol–water partition coefficient (Wildman–Crippen LogP) is 1.33. The molecule has 126 valence electrons. The average molecular weight is 328 g/mol. The molecule has 0 aliphatic rings. The summed E-state index contributed by atoms with van der Waals surface area (Å²) in [5, 5.41) is 5.03. The van der Waals surface area contributed by atoms with Gasteiger partial charge in [-0.05, 0) is 18.6 Å².